The summed E-state index contributed by atoms with van der Waals surface area (Å²) in [6.07, 6.45) is 2.28. The standard InChI is InChI=1S/C14H11F2/c15-13-6-3-4-11(10-13)8-9-12-5-1-2-7-14(12)16/h1-7,9-10H,8H2. The van der Waals surface area contributed by atoms with Crippen molar-refractivity contribution in [2.45, 2.75) is 6.42 Å². The van der Waals surface area contributed by atoms with Crippen LogP contribution in [0.4, 0.5) is 8.78 Å². The molecule has 0 nitrogen and oxygen atoms in total. The van der Waals surface area contributed by atoms with Crippen molar-refractivity contribution in [1.82, 2.24) is 0 Å². The number of hydrogen-bond acceptors (Lipinski definition) is 0. The normalized spacial score (nSPS) is 10.4. The first-order valence-electron chi connectivity index (χ1n) is 5.08. The Hall–Kier alpha value is -1.70. The molecule has 0 aliphatic heterocycles. The van der Waals surface area contributed by atoms with Crippen LogP contribution in [0.5, 0.6) is 0 Å². The molecule has 2 aromatic rings. The summed E-state index contributed by atoms with van der Waals surface area (Å²) in [6, 6.07) is 12.9. The second-order valence-corrected chi connectivity index (χ2v) is 3.56. The van der Waals surface area contributed by atoms with Crippen molar-refractivity contribution in [2.24, 2.45) is 0 Å². The molecule has 0 spiro atoms. The molecule has 0 N–H and O–H groups in total. The van der Waals surface area contributed by atoms with E-state index in [0.717, 1.165) is 5.56 Å². The van der Waals surface area contributed by atoms with Gasteiger partial charge in [-0.2, -0.15) is 0 Å². The van der Waals surface area contributed by atoms with Crippen molar-refractivity contribution in [1.29, 1.82) is 0 Å². The van der Waals surface area contributed by atoms with Gasteiger partial charge in [-0.25, -0.2) is 8.78 Å². The van der Waals surface area contributed by atoms with E-state index in [1.165, 1.54) is 18.2 Å². The second kappa shape index (κ2) is 4.88. The zero-order valence-corrected chi connectivity index (χ0v) is 8.66. The molecule has 2 rings (SSSR count). The second-order valence-electron chi connectivity index (χ2n) is 3.56. The average Bonchev–Trinajstić information content (AvgIpc) is 2.28. The minimum Gasteiger partial charge on any atom is -0.207 e. The molecule has 0 aliphatic rings. The van der Waals surface area contributed by atoms with E-state index in [1.54, 1.807) is 30.7 Å². The van der Waals surface area contributed by atoms with Crippen molar-refractivity contribution in [3.05, 3.63) is 77.7 Å². The van der Waals surface area contributed by atoms with Crippen LogP contribution in [0.25, 0.3) is 0 Å². The molecule has 0 saturated carbocycles. The van der Waals surface area contributed by atoms with Gasteiger partial charge in [0, 0.05) is 0 Å². The van der Waals surface area contributed by atoms with Gasteiger partial charge in [-0.1, -0.05) is 30.3 Å². The Morgan fingerprint density at radius 2 is 1.75 bits per heavy atom. The topological polar surface area (TPSA) is 0 Å². The largest absolute Gasteiger partial charge is 0.207 e. The molecule has 16 heavy (non-hydrogen) atoms. The van der Waals surface area contributed by atoms with Crippen LogP contribution in [0.3, 0.4) is 0 Å². The van der Waals surface area contributed by atoms with Crippen LogP contribution in [0.1, 0.15) is 11.1 Å². The van der Waals surface area contributed by atoms with Gasteiger partial charge in [-0.3, -0.25) is 0 Å². The third-order valence-corrected chi connectivity index (χ3v) is 2.35. The molecule has 81 valence electrons. The maximum absolute atomic E-state index is 13.3. The van der Waals surface area contributed by atoms with Gasteiger partial charge in [0.1, 0.15) is 11.6 Å². The van der Waals surface area contributed by atoms with E-state index in [1.807, 2.05) is 6.07 Å². The lowest BCUT2D eigenvalue weighted by Crippen LogP contribution is -1.92. The van der Waals surface area contributed by atoms with Gasteiger partial charge in [0.25, 0.3) is 0 Å². The molecule has 0 amide bonds. The minimum absolute atomic E-state index is 0.251. The third kappa shape index (κ3) is 2.66. The predicted molar refractivity (Wildman–Crippen MR) is 59.9 cm³/mol. The highest BCUT2D eigenvalue weighted by Gasteiger charge is 2.02. The van der Waals surface area contributed by atoms with E-state index in [0.29, 0.717) is 12.0 Å². The maximum atomic E-state index is 13.3. The van der Waals surface area contributed by atoms with Crippen molar-refractivity contribution in [3.63, 3.8) is 0 Å². The quantitative estimate of drug-likeness (QED) is 0.734. The predicted octanol–water partition coefficient (Wildman–Crippen LogP) is 3.76. The lowest BCUT2D eigenvalue weighted by atomic mass is 10.0. The molecule has 0 bridgehead atoms. The molecule has 0 fully saturated rings. The first-order chi connectivity index (χ1) is 7.75. The summed E-state index contributed by atoms with van der Waals surface area (Å²) in [7, 11) is 0. The Bertz CT molecular complexity index is 478. The molecule has 2 aromatic carbocycles. The molecule has 0 saturated heterocycles. The zero-order chi connectivity index (χ0) is 11.4. The Labute approximate surface area is 93.5 Å². The number of benzene rings is 2. The van der Waals surface area contributed by atoms with Gasteiger partial charge in [0.2, 0.25) is 0 Å². The van der Waals surface area contributed by atoms with E-state index in [2.05, 4.69) is 0 Å². The maximum Gasteiger partial charge on any atom is 0.126 e. The van der Waals surface area contributed by atoms with Crippen LogP contribution in [-0.2, 0) is 6.42 Å². The van der Waals surface area contributed by atoms with Gasteiger partial charge >= 0.3 is 0 Å². The van der Waals surface area contributed by atoms with E-state index >= 15 is 0 Å². The third-order valence-electron chi connectivity index (χ3n) is 2.35. The monoisotopic (exact) mass is 217 g/mol. The molecule has 0 heterocycles. The Morgan fingerprint density at radius 1 is 0.938 bits per heavy atom. The fourth-order valence-corrected chi connectivity index (χ4v) is 1.53. The lowest BCUT2D eigenvalue weighted by Gasteiger charge is -2.03. The molecule has 1 radical (unpaired) electrons. The summed E-state index contributed by atoms with van der Waals surface area (Å²) in [6.45, 7) is 0. The van der Waals surface area contributed by atoms with Gasteiger partial charge in [-0.15, -0.1) is 0 Å². The number of rotatable bonds is 3. The highest BCUT2D eigenvalue weighted by Crippen LogP contribution is 2.13. The van der Waals surface area contributed by atoms with Crippen LogP contribution < -0.4 is 0 Å². The van der Waals surface area contributed by atoms with Crippen molar-refractivity contribution >= 4 is 0 Å². The van der Waals surface area contributed by atoms with Crippen molar-refractivity contribution in [2.75, 3.05) is 0 Å². The summed E-state index contributed by atoms with van der Waals surface area (Å²) in [5.74, 6) is -0.515. The van der Waals surface area contributed by atoms with Gasteiger partial charge in [-0.05, 0) is 42.2 Å². The molecular formula is C14H11F2. The molecule has 0 aromatic heterocycles. The van der Waals surface area contributed by atoms with Crippen LogP contribution >= 0.6 is 0 Å². The van der Waals surface area contributed by atoms with E-state index in [4.69, 9.17) is 0 Å². The van der Waals surface area contributed by atoms with Crippen LogP contribution in [0.15, 0.2) is 48.5 Å². The van der Waals surface area contributed by atoms with Crippen LogP contribution in [0.2, 0.25) is 0 Å². The highest BCUT2D eigenvalue weighted by molar-refractivity contribution is 5.28. The van der Waals surface area contributed by atoms with Gasteiger partial charge in [0.05, 0.1) is 0 Å². The number of hydrogen-bond donors (Lipinski definition) is 0. The number of halogens is 2. The van der Waals surface area contributed by atoms with Crippen LogP contribution in [-0.4, -0.2) is 0 Å². The Kier molecular flexibility index (Phi) is 3.30. The summed E-state index contributed by atoms with van der Waals surface area (Å²) in [5, 5.41) is 0. The summed E-state index contributed by atoms with van der Waals surface area (Å²) in [5.41, 5.74) is 1.38. The van der Waals surface area contributed by atoms with Gasteiger partial charge in [0.15, 0.2) is 0 Å². The van der Waals surface area contributed by atoms with Crippen molar-refractivity contribution < 1.29 is 8.78 Å². The molecule has 0 atom stereocenters. The molecule has 0 unspecified atom stereocenters. The fourth-order valence-electron chi connectivity index (χ4n) is 1.53. The fraction of sp³-hybridized carbons (Fsp3) is 0.0714. The Balaban J connectivity index is 2.05. The summed E-state index contributed by atoms with van der Waals surface area (Å²) < 4.78 is 26.2. The SMILES string of the molecule is Fc1cccc(C[CH]c2ccccc2F)c1. The average molecular weight is 217 g/mol. The van der Waals surface area contributed by atoms with E-state index in [-0.39, 0.29) is 11.6 Å². The Morgan fingerprint density at radius 3 is 2.50 bits per heavy atom. The summed E-state index contributed by atoms with van der Waals surface area (Å²) in [4.78, 5) is 0. The van der Waals surface area contributed by atoms with Gasteiger partial charge < -0.3 is 0 Å². The molecule has 0 aliphatic carbocycles. The molecule has 2 heteroatoms. The first kappa shape index (κ1) is 10.8. The van der Waals surface area contributed by atoms with E-state index < -0.39 is 0 Å². The summed E-state index contributed by atoms with van der Waals surface area (Å²) >= 11 is 0. The first-order valence-corrected chi connectivity index (χ1v) is 5.08. The smallest absolute Gasteiger partial charge is 0.126 e. The van der Waals surface area contributed by atoms with Crippen molar-refractivity contribution in [3.8, 4) is 0 Å². The highest BCUT2D eigenvalue weighted by atomic mass is 19.1. The van der Waals surface area contributed by atoms with E-state index in [9.17, 15) is 8.78 Å². The lowest BCUT2D eigenvalue weighted by molar-refractivity contribution is 0.618. The molecular weight excluding hydrogens is 206 g/mol. The minimum atomic E-state index is -0.264. The van der Waals surface area contributed by atoms with Crippen LogP contribution in [0, 0.1) is 18.1 Å². The zero-order valence-electron chi connectivity index (χ0n) is 8.66.